The van der Waals surface area contributed by atoms with Gasteiger partial charge in [0.25, 0.3) is 0 Å². The fraction of sp³-hybridized carbons (Fsp3) is 0.625. The van der Waals surface area contributed by atoms with Gasteiger partial charge in [0, 0.05) is 18.2 Å². The zero-order chi connectivity index (χ0) is 14.4. The molecule has 0 fully saturated rings. The number of ether oxygens (including phenoxy) is 1. The molecule has 0 spiro atoms. The van der Waals surface area contributed by atoms with Gasteiger partial charge in [0.15, 0.2) is 0 Å². The van der Waals surface area contributed by atoms with Crippen molar-refractivity contribution in [3.8, 4) is 5.75 Å². The third-order valence-electron chi connectivity index (χ3n) is 3.63. The van der Waals surface area contributed by atoms with Crippen LogP contribution in [0.4, 0.5) is 0 Å². The lowest BCUT2D eigenvalue weighted by Gasteiger charge is -2.17. The highest BCUT2D eigenvalue weighted by atomic mass is 16.5. The molecular weight excluding hydrogens is 236 g/mol. The van der Waals surface area contributed by atoms with Crippen LogP contribution in [0.25, 0.3) is 0 Å². The molecule has 0 aromatic heterocycles. The van der Waals surface area contributed by atoms with Crippen LogP contribution in [0.15, 0.2) is 6.07 Å². The molecule has 1 rings (SSSR count). The van der Waals surface area contributed by atoms with E-state index in [1.54, 1.807) is 7.11 Å². The molecular formula is C16H28N2O. The smallest absolute Gasteiger partial charge is 0.126 e. The average molecular weight is 264 g/mol. The summed E-state index contributed by atoms with van der Waals surface area (Å²) in [6.07, 6.45) is 2.18. The van der Waals surface area contributed by atoms with Crippen molar-refractivity contribution in [2.45, 2.75) is 53.1 Å². The largest absolute Gasteiger partial charge is 0.496 e. The monoisotopic (exact) mass is 264 g/mol. The fourth-order valence-electron chi connectivity index (χ4n) is 2.36. The summed E-state index contributed by atoms with van der Waals surface area (Å²) >= 11 is 0. The van der Waals surface area contributed by atoms with Crippen LogP contribution in [0.5, 0.6) is 5.75 Å². The second kappa shape index (κ2) is 7.51. The summed E-state index contributed by atoms with van der Waals surface area (Å²) in [4.78, 5) is 0. The van der Waals surface area contributed by atoms with Crippen molar-refractivity contribution in [3.05, 3.63) is 28.3 Å². The molecule has 3 nitrogen and oxygen atoms in total. The van der Waals surface area contributed by atoms with Crippen molar-refractivity contribution in [1.29, 1.82) is 0 Å². The number of hydrogen-bond donors (Lipinski definition) is 2. The number of hydrogen-bond acceptors (Lipinski definition) is 3. The van der Waals surface area contributed by atoms with E-state index in [0.29, 0.717) is 6.04 Å². The molecule has 3 heteroatoms. The van der Waals surface area contributed by atoms with Crippen molar-refractivity contribution in [1.82, 2.24) is 5.32 Å². The van der Waals surface area contributed by atoms with Gasteiger partial charge in [-0.05, 0) is 63.8 Å². The van der Waals surface area contributed by atoms with E-state index < -0.39 is 0 Å². The van der Waals surface area contributed by atoms with Gasteiger partial charge in [-0.25, -0.2) is 0 Å². The summed E-state index contributed by atoms with van der Waals surface area (Å²) in [5.41, 5.74) is 10.8. The Hall–Kier alpha value is -1.06. The highest BCUT2D eigenvalue weighted by molar-refractivity contribution is 5.49. The maximum atomic E-state index is 5.74. The number of rotatable bonds is 7. The average Bonchev–Trinajstić information content (AvgIpc) is 2.34. The van der Waals surface area contributed by atoms with Gasteiger partial charge in [-0.2, -0.15) is 0 Å². The van der Waals surface area contributed by atoms with Gasteiger partial charge in [0.2, 0.25) is 0 Å². The molecule has 0 amide bonds. The molecule has 1 unspecified atom stereocenters. The molecule has 3 N–H and O–H groups in total. The Kier molecular flexibility index (Phi) is 6.32. The molecule has 0 saturated heterocycles. The summed E-state index contributed by atoms with van der Waals surface area (Å²) < 4.78 is 5.57. The number of benzene rings is 1. The minimum Gasteiger partial charge on any atom is -0.496 e. The van der Waals surface area contributed by atoms with Gasteiger partial charge in [-0.3, -0.25) is 0 Å². The van der Waals surface area contributed by atoms with Crippen molar-refractivity contribution < 1.29 is 4.74 Å². The molecule has 0 aliphatic heterocycles. The SMILES string of the molecule is COc1c(C)c(C)cc(C)c1CNCCCC(C)N. The maximum Gasteiger partial charge on any atom is 0.126 e. The Bertz CT molecular complexity index is 414. The quantitative estimate of drug-likeness (QED) is 0.744. The van der Waals surface area contributed by atoms with Gasteiger partial charge in [0.1, 0.15) is 5.75 Å². The second-order valence-electron chi connectivity index (χ2n) is 5.44. The van der Waals surface area contributed by atoms with E-state index in [9.17, 15) is 0 Å². The van der Waals surface area contributed by atoms with E-state index in [4.69, 9.17) is 10.5 Å². The van der Waals surface area contributed by atoms with Gasteiger partial charge in [-0.15, -0.1) is 0 Å². The van der Waals surface area contributed by atoms with E-state index in [2.05, 4.69) is 39.1 Å². The predicted octanol–water partition coefficient (Wildman–Crippen LogP) is 2.84. The van der Waals surface area contributed by atoms with Crippen LogP contribution in [-0.2, 0) is 6.54 Å². The van der Waals surface area contributed by atoms with Gasteiger partial charge in [0.05, 0.1) is 7.11 Å². The van der Waals surface area contributed by atoms with E-state index in [1.165, 1.54) is 22.3 Å². The van der Waals surface area contributed by atoms with Crippen molar-refractivity contribution in [2.75, 3.05) is 13.7 Å². The molecule has 0 aliphatic carbocycles. The highest BCUT2D eigenvalue weighted by Gasteiger charge is 2.11. The van der Waals surface area contributed by atoms with Gasteiger partial charge >= 0.3 is 0 Å². The van der Waals surface area contributed by atoms with Crippen LogP contribution >= 0.6 is 0 Å². The summed E-state index contributed by atoms with van der Waals surface area (Å²) in [6, 6.07) is 2.52. The van der Waals surface area contributed by atoms with Crippen molar-refractivity contribution >= 4 is 0 Å². The fourth-order valence-corrected chi connectivity index (χ4v) is 2.36. The topological polar surface area (TPSA) is 47.3 Å². The van der Waals surface area contributed by atoms with Crippen LogP contribution in [0.2, 0.25) is 0 Å². The number of methoxy groups -OCH3 is 1. The van der Waals surface area contributed by atoms with E-state index in [0.717, 1.165) is 31.7 Å². The summed E-state index contributed by atoms with van der Waals surface area (Å²) in [7, 11) is 1.75. The first-order valence-electron chi connectivity index (χ1n) is 7.07. The summed E-state index contributed by atoms with van der Waals surface area (Å²) in [5, 5.41) is 3.48. The molecule has 0 radical (unpaired) electrons. The lowest BCUT2D eigenvalue weighted by Crippen LogP contribution is -2.20. The van der Waals surface area contributed by atoms with E-state index in [1.807, 2.05) is 0 Å². The first-order chi connectivity index (χ1) is 8.97. The Labute approximate surface area is 117 Å². The third-order valence-corrected chi connectivity index (χ3v) is 3.63. The molecule has 1 aromatic rings. The normalized spacial score (nSPS) is 12.5. The number of nitrogens with two attached hydrogens (primary N) is 1. The zero-order valence-corrected chi connectivity index (χ0v) is 13.0. The zero-order valence-electron chi connectivity index (χ0n) is 13.0. The molecule has 0 bridgehead atoms. The van der Waals surface area contributed by atoms with Crippen LogP contribution in [0.3, 0.4) is 0 Å². The Morgan fingerprint density at radius 2 is 1.95 bits per heavy atom. The Balaban J connectivity index is 2.65. The van der Waals surface area contributed by atoms with Crippen LogP contribution in [-0.4, -0.2) is 19.7 Å². The third kappa shape index (κ3) is 4.51. The van der Waals surface area contributed by atoms with Crippen molar-refractivity contribution in [2.24, 2.45) is 5.73 Å². The lowest BCUT2D eigenvalue weighted by atomic mass is 9.99. The first kappa shape index (κ1) is 16.0. The standard InChI is InChI=1S/C16H28N2O/c1-11-9-12(2)15(16(19-5)14(11)4)10-18-8-6-7-13(3)17/h9,13,18H,6-8,10,17H2,1-5H3. The van der Waals surface area contributed by atoms with Crippen LogP contribution in [0.1, 0.15) is 42.0 Å². The lowest BCUT2D eigenvalue weighted by molar-refractivity contribution is 0.403. The van der Waals surface area contributed by atoms with Gasteiger partial charge < -0.3 is 15.8 Å². The Morgan fingerprint density at radius 1 is 1.26 bits per heavy atom. The molecule has 108 valence electrons. The molecule has 0 aliphatic rings. The molecule has 0 heterocycles. The maximum absolute atomic E-state index is 5.74. The molecule has 1 aromatic carbocycles. The number of nitrogens with one attached hydrogen (secondary N) is 1. The highest BCUT2D eigenvalue weighted by Crippen LogP contribution is 2.29. The van der Waals surface area contributed by atoms with Crippen LogP contribution < -0.4 is 15.8 Å². The van der Waals surface area contributed by atoms with Crippen LogP contribution in [0, 0.1) is 20.8 Å². The van der Waals surface area contributed by atoms with E-state index >= 15 is 0 Å². The second-order valence-corrected chi connectivity index (χ2v) is 5.44. The van der Waals surface area contributed by atoms with E-state index in [-0.39, 0.29) is 0 Å². The minimum atomic E-state index is 0.291. The number of aryl methyl sites for hydroxylation is 2. The molecule has 1 atom stereocenters. The molecule has 0 saturated carbocycles. The minimum absolute atomic E-state index is 0.291. The predicted molar refractivity (Wildman–Crippen MR) is 81.8 cm³/mol. The Morgan fingerprint density at radius 3 is 2.53 bits per heavy atom. The van der Waals surface area contributed by atoms with Crippen molar-refractivity contribution in [3.63, 3.8) is 0 Å². The molecule has 19 heavy (non-hydrogen) atoms. The summed E-state index contributed by atoms with van der Waals surface area (Å²) in [6.45, 7) is 10.3. The van der Waals surface area contributed by atoms with Gasteiger partial charge in [-0.1, -0.05) is 6.07 Å². The summed E-state index contributed by atoms with van der Waals surface area (Å²) in [5.74, 6) is 1.03. The first-order valence-corrected chi connectivity index (χ1v) is 7.07.